The van der Waals surface area contributed by atoms with Gasteiger partial charge >= 0.3 is 0 Å². The summed E-state index contributed by atoms with van der Waals surface area (Å²) in [6, 6.07) is 26.9. The number of allylic oxidation sites excluding steroid dienone is 1. The highest BCUT2D eigenvalue weighted by atomic mass is 35.5. The zero-order valence-corrected chi connectivity index (χ0v) is 18.0. The minimum absolute atomic E-state index is 0.175. The molecule has 0 aromatic heterocycles. The van der Waals surface area contributed by atoms with E-state index in [9.17, 15) is 0 Å². The summed E-state index contributed by atoms with van der Waals surface area (Å²) >= 11 is 12.2. The van der Waals surface area contributed by atoms with Gasteiger partial charge in [-0.1, -0.05) is 65.7 Å². The van der Waals surface area contributed by atoms with E-state index < -0.39 is 0 Å². The number of hydrogen-bond acceptors (Lipinski definition) is 2. The van der Waals surface area contributed by atoms with Crippen LogP contribution >= 0.6 is 23.2 Å². The van der Waals surface area contributed by atoms with Crippen molar-refractivity contribution in [3.8, 4) is 0 Å². The van der Waals surface area contributed by atoms with Gasteiger partial charge in [-0.05, 0) is 78.4 Å². The maximum atomic E-state index is 6.17. The molecule has 30 heavy (non-hydrogen) atoms. The fourth-order valence-electron chi connectivity index (χ4n) is 4.55. The van der Waals surface area contributed by atoms with Gasteiger partial charge in [0.25, 0.3) is 0 Å². The summed E-state index contributed by atoms with van der Waals surface area (Å²) in [6.07, 6.45) is 5.62. The van der Waals surface area contributed by atoms with Crippen molar-refractivity contribution < 1.29 is 0 Å². The van der Waals surface area contributed by atoms with Gasteiger partial charge in [0.2, 0.25) is 0 Å². The molecule has 2 aliphatic rings. The average Bonchev–Trinajstić information content (AvgIpc) is 3.17. The van der Waals surface area contributed by atoms with Crippen LogP contribution in [0, 0.1) is 5.92 Å². The lowest BCUT2D eigenvalue weighted by atomic mass is 9.77. The molecule has 1 heterocycles. The molecule has 1 saturated carbocycles. The van der Waals surface area contributed by atoms with Crippen molar-refractivity contribution in [1.82, 2.24) is 0 Å². The van der Waals surface area contributed by atoms with E-state index in [-0.39, 0.29) is 6.04 Å². The highest BCUT2D eigenvalue weighted by Crippen LogP contribution is 2.46. The quantitative estimate of drug-likeness (QED) is 0.412. The predicted molar refractivity (Wildman–Crippen MR) is 127 cm³/mol. The maximum absolute atomic E-state index is 6.17. The molecule has 150 valence electrons. The van der Waals surface area contributed by atoms with Gasteiger partial charge < -0.3 is 0 Å². The van der Waals surface area contributed by atoms with Crippen LogP contribution in [0.3, 0.4) is 0 Å². The number of para-hydroxylation sites is 1. The molecule has 2 atom stereocenters. The predicted octanol–water partition coefficient (Wildman–Crippen LogP) is 7.79. The van der Waals surface area contributed by atoms with Gasteiger partial charge in [0.05, 0.1) is 17.4 Å². The van der Waals surface area contributed by atoms with E-state index in [2.05, 4.69) is 59.6 Å². The molecular weight excluding hydrogens is 411 g/mol. The molecule has 0 saturated heterocycles. The first-order valence-electron chi connectivity index (χ1n) is 10.3. The maximum Gasteiger partial charge on any atom is 0.0859 e. The number of nitrogens with zero attached hydrogens (tertiary/aromatic N) is 2. The van der Waals surface area contributed by atoms with Gasteiger partial charge in [-0.15, -0.1) is 0 Å². The lowest BCUT2D eigenvalue weighted by Crippen LogP contribution is -2.28. The second kappa shape index (κ2) is 8.29. The molecule has 0 N–H and O–H groups in total. The van der Waals surface area contributed by atoms with E-state index in [0.717, 1.165) is 35.0 Å². The summed E-state index contributed by atoms with van der Waals surface area (Å²) in [4.78, 5) is 0. The fourth-order valence-corrected chi connectivity index (χ4v) is 4.80. The Morgan fingerprint density at radius 1 is 0.833 bits per heavy atom. The van der Waals surface area contributed by atoms with Crippen LogP contribution in [0.15, 0.2) is 89.5 Å². The van der Waals surface area contributed by atoms with Gasteiger partial charge in [0.15, 0.2) is 0 Å². The Balaban J connectivity index is 1.58. The smallest absolute Gasteiger partial charge is 0.0859 e. The Labute approximate surface area is 187 Å². The van der Waals surface area contributed by atoms with Gasteiger partial charge in [0, 0.05) is 16.0 Å². The summed E-state index contributed by atoms with van der Waals surface area (Å²) < 4.78 is 0. The number of benzene rings is 3. The standard InChI is InChI=1S/C26H22Cl2N2/c27-21-13-9-18(10-14-21)17-20-5-4-8-24-25(20)29-30(23-6-2-1-3-7-23)26(24)19-11-15-22(28)16-12-19/h1-3,6-7,9-17,24,26H,4-5,8H2/b20-17+. The van der Waals surface area contributed by atoms with Gasteiger partial charge in [0.1, 0.15) is 0 Å². The lowest BCUT2D eigenvalue weighted by molar-refractivity contribution is 0.488. The van der Waals surface area contributed by atoms with Crippen LogP contribution in [-0.2, 0) is 0 Å². The van der Waals surface area contributed by atoms with E-state index in [4.69, 9.17) is 28.3 Å². The Bertz CT molecular complexity index is 1090. The molecule has 0 amide bonds. The Morgan fingerprint density at radius 3 is 2.20 bits per heavy atom. The van der Waals surface area contributed by atoms with Crippen LogP contribution < -0.4 is 5.01 Å². The second-order valence-electron chi connectivity index (χ2n) is 7.88. The number of anilines is 1. The highest BCUT2D eigenvalue weighted by molar-refractivity contribution is 6.30. The summed E-state index contributed by atoms with van der Waals surface area (Å²) in [6.45, 7) is 0. The van der Waals surface area contributed by atoms with E-state index >= 15 is 0 Å². The molecule has 1 aliphatic heterocycles. The van der Waals surface area contributed by atoms with Crippen molar-refractivity contribution in [2.24, 2.45) is 11.0 Å². The topological polar surface area (TPSA) is 15.6 Å². The average molecular weight is 433 g/mol. The van der Waals surface area contributed by atoms with Crippen molar-refractivity contribution in [2.75, 3.05) is 5.01 Å². The number of halogens is 2. The summed E-state index contributed by atoms with van der Waals surface area (Å²) in [5.41, 5.74) is 6.06. The number of rotatable bonds is 3. The third-order valence-corrected chi connectivity index (χ3v) is 6.45. The molecule has 2 unspecified atom stereocenters. The van der Waals surface area contributed by atoms with Crippen LogP contribution in [0.4, 0.5) is 5.69 Å². The summed E-state index contributed by atoms with van der Waals surface area (Å²) in [7, 11) is 0. The van der Waals surface area contributed by atoms with Crippen LogP contribution in [0.25, 0.3) is 6.08 Å². The first-order valence-corrected chi connectivity index (χ1v) is 11.1. The lowest BCUT2D eigenvalue weighted by Gasteiger charge is -2.30. The SMILES string of the molecule is Clc1ccc(/C=C2\CCCC3C2=NN(c2ccccc2)C3c2ccc(Cl)cc2)cc1. The Morgan fingerprint density at radius 2 is 1.50 bits per heavy atom. The van der Waals surface area contributed by atoms with Crippen molar-refractivity contribution in [1.29, 1.82) is 0 Å². The third-order valence-electron chi connectivity index (χ3n) is 5.94. The van der Waals surface area contributed by atoms with Gasteiger partial charge in [-0.3, -0.25) is 5.01 Å². The monoisotopic (exact) mass is 432 g/mol. The van der Waals surface area contributed by atoms with E-state index in [1.807, 2.05) is 30.3 Å². The zero-order chi connectivity index (χ0) is 20.5. The summed E-state index contributed by atoms with van der Waals surface area (Å²) in [5.74, 6) is 0.360. The molecule has 5 rings (SSSR count). The van der Waals surface area contributed by atoms with Crippen molar-refractivity contribution in [3.05, 3.63) is 106 Å². The molecule has 3 aromatic rings. The highest BCUT2D eigenvalue weighted by Gasteiger charge is 2.41. The third kappa shape index (κ3) is 3.78. The molecule has 3 aromatic carbocycles. The largest absolute Gasteiger partial charge is 0.257 e. The van der Waals surface area contributed by atoms with Crippen LogP contribution in [0.1, 0.15) is 36.4 Å². The molecular formula is C26H22Cl2N2. The first-order chi connectivity index (χ1) is 14.7. The van der Waals surface area contributed by atoms with Gasteiger partial charge in [-0.25, -0.2) is 0 Å². The van der Waals surface area contributed by atoms with Crippen LogP contribution in [-0.4, -0.2) is 5.71 Å². The van der Waals surface area contributed by atoms with E-state index in [1.165, 1.54) is 22.4 Å². The molecule has 2 nitrogen and oxygen atoms in total. The second-order valence-corrected chi connectivity index (χ2v) is 8.75. The molecule has 0 spiro atoms. The van der Waals surface area contributed by atoms with E-state index in [0.29, 0.717) is 5.92 Å². The van der Waals surface area contributed by atoms with Crippen LogP contribution in [0.5, 0.6) is 0 Å². The van der Waals surface area contributed by atoms with E-state index in [1.54, 1.807) is 0 Å². The Kier molecular flexibility index (Phi) is 5.37. The van der Waals surface area contributed by atoms with Crippen LogP contribution in [0.2, 0.25) is 10.0 Å². The van der Waals surface area contributed by atoms with Crippen molar-refractivity contribution in [3.63, 3.8) is 0 Å². The molecule has 0 radical (unpaired) electrons. The Hall–Kier alpha value is -2.55. The fraction of sp³-hybridized carbons (Fsp3) is 0.192. The molecule has 1 fully saturated rings. The minimum Gasteiger partial charge on any atom is -0.257 e. The first kappa shape index (κ1) is 19.4. The molecule has 4 heteroatoms. The number of fused-ring (bicyclic) bond motifs is 1. The number of hydrazone groups is 1. The molecule has 0 bridgehead atoms. The summed E-state index contributed by atoms with van der Waals surface area (Å²) in [5, 5.41) is 8.90. The van der Waals surface area contributed by atoms with Crippen molar-refractivity contribution in [2.45, 2.75) is 25.3 Å². The zero-order valence-electron chi connectivity index (χ0n) is 16.5. The van der Waals surface area contributed by atoms with Gasteiger partial charge in [-0.2, -0.15) is 5.10 Å². The number of hydrogen-bond donors (Lipinski definition) is 0. The normalized spacial score (nSPS) is 22.1. The van der Waals surface area contributed by atoms with Crippen molar-refractivity contribution >= 4 is 40.7 Å². The molecule has 1 aliphatic carbocycles. The minimum atomic E-state index is 0.175.